The van der Waals surface area contributed by atoms with Crippen LogP contribution in [0.15, 0.2) is 0 Å². The SMILES string of the molecule is C#CCC(C)NCC(=O)NC(C)C(C)C. The molecule has 0 aliphatic carbocycles. The van der Waals surface area contributed by atoms with Crippen molar-refractivity contribution in [1.82, 2.24) is 10.6 Å². The normalized spacial score (nSPS) is 14.4. The lowest BCUT2D eigenvalue weighted by atomic mass is 10.1. The molecule has 0 aromatic heterocycles. The fourth-order valence-electron chi connectivity index (χ4n) is 0.988. The van der Waals surface area contributed by atoms with E-state index in [1.807, 2.05) is 13.8 Å². The van der Waals surface area contributed by atoms with Gasteiger partial charge in [0.1, 0.15) is 0 Å². The fraction of sp³-hybridized carbons (Fsp3) is 0.750. The average molecular weight is 210 g/mol. The molecular weight excluding hydrogens is 188 g/mol. The van der Waals surface area contributed by atoms with Gasteiger partial charge in [-0.25, -0.2) is 0 Å². The first-order chi connectivity index (χ1) is 6.97. The molecule has 0 radical (unpaired) electrons. The highest BCUT2D eigenvalue weighted by atomic mass is 16.1. The summed E-state index contributed by atoms with van der Waals surface area (Å²) in [6.07, 6.45) is 5.81. The molecule has 2 atom stereocenters. The molecule has 2 N–H and O–H groups in total. The minimum atomic E-state index is 0.0278. The Bertz CT molecular complexity index is 230. The maximum atomic E-state index is 11.4. The minimum absolute atomic E-state index is 0.0278. The maximum Gasteiger partial charge on any atom is 0.234 e. The van der Waals surface area contributed by atoms with Crippen LogP contribution in [0.2, 0.25) is 0 Å². The number of nitrogens with one attached hydrogen (secondary N) is 2. The smallest absolute Gasteiger partial charge is 0.234 e. The van der Waals surface area contributed by atoms with Gasteiger partial charge in [-0.15, -0.1) is 12.3 Å². The Hall–Kier alpha value is -1.01. The lowest BCUT2D eigenvalue weighted by Crippen LogP contribution is -2.43. The molecule has 3 nitrogen and oxygen atoms in total. The third kappa shape index (κ3) is 6.98. The van der Waals surface area contributed by atoms with Crippen LogP contribution in [0.5, 0.6) is 0 Å². The highest BCUT2D eigenvalue weighted by molar-refractivity contribution is 5.78. The molecule has 2 unspecified atom stereocenters. The first kappa shape index (κ1) is 14.0. The first-order valence-electron chi connectivity index (χ1n) is 5.43. The van der Waals surface area contributed by atoms with Gasteiger partial charge in [0.15, 0.2) is 0 Å². The van der Waals surface area contributed by atoms with Gasteiger partial charge in [-0.1, -0.05) is 13.8 Å². The van der Waals surface area contributed by atoms with Crippen LogP contribution >= 0.6 is 0 Å². The summed E-state index contributed by atoms with van der Waals surface area (Å²) in [7, 11) is 0. The van der Waals surface area contributed by atoms with Crippen LogP contribution in [0.25, 0.3) is 0 Å². The van der Waals surface area contributed by atoms with E-state index < -0.39 is 0 Å². The average Bonchev–Trinajstić information content (AvgIpc) is 2.15. The quantitative estimate of drug-likeness (QED) is 0.646. The molecule has 0 fully saturated rings. The molecule has 3 heteroatoms. The van der Waals surface area contributed by atoms with Crippen LogP contribution in [0.3, 0.4) is 0 Å². The highest BCUT2D eigenvalue weighted by Gasteiger charge is 2.10. The molecule has 0 bridgehead atoms. The van der Waals surface area contributed by atoms with Crippen molar-refractivity contribution >= 4 is 5.91 Å². The predicted molar refractivity (Wildman–Crippen MR) is 63.4 cm³/mol. The summed E-state index contributed by atoms with van der Waals surface area (Å²) in [6, 6.07) is 0.400. The van der Waals surface area contributed by atoms with Gasteiger partial charge in [0.05, 0.1) is 6.54 Å². The summed E-state index contributed by atoms with van der Waals surface area (Å²) in [5.41, 5.74) is 0. The van der Waals surface area contributed by atoms with E-state index in [1.54, 1.807) is 0 Å². The van der Waals surface area contributed by atoms with Crippen molar-refractivity contribution in [3.8, 4) is 12.3 Å². The molecule has 86 valence electrons. The Kier molecular flexibility index (Phi) is 6.81. The van der Waals surface area contributed by atoms with Gasteiger partial charge in [-0.3, -0.25) is 4.79 Å². The van der Waals surface area contributed by atoms with Crippen LogP contribution in [0.4, 0.5) is 0 Å². The van der Waals surface area contributed by atoms with Crippen molar-refractivity contribution in [2.75, 3.05) is 6.54 Å². The summed E-state index contributed by atoms with van der Waals surface area (Å²) in [5.74, 6) is 3.04. The van der Waals surface area contributed by atoms with Crippen LogP contribution in [0, 0.1) is 18.3 Å². The van der Waals surface area contributed by atoms with Crippen molar-refractivity contribution in [3.05, 3.63) is 0 Å². The topological polar surface area (TPSA) is 41.1 Å². The summed E-state index contributed by atoms with van der Waals surface area (Å²) >= 11 is 0. The van der Waals surface area contributed by atoms with Crippen LogP contribution in [-0.2, 0) is 4.79 Å². The zero-order valence-electron chi connectivity index (χ0n) is 10.1. The lowest BCUT2D eigenvalue weighted by Gasteiger charge is -2.18. The van der Waals surface area contributed by atoms with E-state index in [9.17, 15) is 4.79 Å². The number of carbonyl (C=O) groups is 1. The lowest BCUT2D eigenvalue weighted by molar-refractivity contribution is -0.121. The molecule has 0 heterocycles. The third-order valence-corrected chi connectivity index (χ3v) is 2.42. The van der Waals surface area contributed by atoms with E-state index >= 15 is 0 Å². The number of rotatable bonds is 6. The maximum absolute atomic E-state index is 11.4. The molecule has 0 saturated carbocycles. The van der Waals surface area contributed by atoms with Gasteiger partial charge >= 0.3 is 0 Å². The van der Waals surface area contributed by atoms with E-state index in [1.165, 1.54) is 0 Å². The Morgan fingerprint density at radius 2 is 1.93 bits per heavy atom. The molecule has 0 aliphatic rings. The van der Waals surface area contributed by atoms with Gasteiger partial charge in [0, 0.05) is 18.5 Å². The fourth-order valence-corrected chi connectivity index (χ4v) is 0.988. The van der Waals surface area contributed by atoms with E-state index in [4.69, 9.17) is 6.42 Å². The van der Waals surface area contributed by atoms with Crippen molar-refractivity contribution in [2.45, 2.75) is 46.2 Å². The number of terminal acetylenes is 1. The van der Waals surface area contributed by atoms with Gasteiger partial charge in [-0.05, 0) is 19.8 Å². The molecule has 0 aromatic rings. The third-order valence-electron chi connectivity index (χ3n) is 2.42. The molecule has 15 heavy (non-hydrogen) atoms. The highest BCUT2D eigenvalue weighted by Crippen LogP contribution is 1.98. The summed E-state index contributed by atoms with van der Waals surface area (Å²) in [6.45, 7) is 8.48. The molecule has 0 spiro atoms. The van der Waals surface area contributed by atoms with E-state index in [2.05, 4.69) is 30.4 Å². The minimum Gasteiger partial charge on any atom is -0.352 e. The zero-order chi connectivity index (χ0) is 11.8. The largest absolute Gasteiger partial charge is 0.352 e. The van der Waals surface area contributed by atoms with Crippen LogP contribution < -0.4 is 10.6 Å². The van der Waals surface area contributed by atoms with Crippen molar-refractivity contribution in [1.29, 1.82) is 0 Å². The molecular formula is C12H22N2O. The predicted octanol–water partition coefficient (Wildman–Crippen LogP) is 1.15. The summed E-state index contributed by atoms with van der Waals surface area (Å²) in [5, 5.41) is 6.00. The monoisotopic (exact) mass is 210 g/mol. The number of amides is 1. The standard InChI is InChI=1S/C12H22N2O/c1-6-7-10(4)13-8-12(15)14-11(5)9(2)3/h1,9-11,13H,7-8H2,2-5H3,(H,14,15). The van der Waals surface area contributed by atoms with E-state index in [-0.39, 0.29) is 18.0 Å². The van der Waals surface area contributed by atoms with Gasteiger partial charge in [-0.2, -0.15) is 0 Å². The Morgan fingerprint density at radius 1 is 1.33 bits per heavy atom. The van der Waals surface area contributed by atoms with Crippen molar-refractivity contribution in [2.24, 2.45) is 5.92 Å². The first-order valence-corrected chi connectivity index (χ1v) is 5.43. The Balaban J connectivity index is 3.71. The van der Waals surface area contributed by atoms with Gasteiger partial charge < -0.3 is 10.6 Å². The molecule has 1 amide bonds. The second-order valence-electron chi connectivity index (χ2n) is 4.29. The summed E-state index contributed by atoms with van der Waals surface area (Å²) < 4.78 is 0. The van der Waals surface area contributed by atoms with Gasteiger partial charge in [0.2, 0.25) is 5.91 Å². The van der Waals surface area contributed by atoms with Gasteiger partial charge in [0.25, 0.3) is 0 Å². The van der Waals surface area contributed by atoms with Crippen molar-refractivity contribution < 1.29 is 4.79 Å². The Morgan fingerprint density at radius 3 is 2.40 bits per heavy atom. The van der Waals surface area contributed by atoms with E-state index in [0.717, 1.165) is 0 Å². The summed E-state index contributed by atoms with van der Waals surface area (Å²) in [4.78, 5) is 11.4. The van der Waals surface area contributed by atoms with Crippen molar-refractivity contribution in [3.63, 3.8) is 0 Å². The molecule has 0 aromatic carbocycles. The molecule has 0 rings (SSSR count). The zero-order valence-corrected chi connectivity index (χ0v) is 10.1. The second kappa shape index (κ2) is 7.30. The number of hydrogen-bond donors (Lipinski definition) is 2. The van der Waals surface area contributed by atoms with E-state index in [0.29, 0.717) is 18.9 Å². The number of carbonyl (C=O) groups excluding carboxylic acids is 1. The second-order valence-corrected chi connectivity index (χ2v) is 4.29. The van der Waals surface area contributed by atoms with Crippen LogP contribution in [0.1, 0.15) is 34.1 Å². The number of hydrogen-bond acceptors (Lipinski definition) is 2. The van der Waals surface area contributed by atoms with Crippen LogP contribution in [-0.4, -0.2) is 24.5 Å². The molecule has 0 aliphatic heterocycles. The Labute approximate surface area is 93.0 Å². The molecule has 0 saturated heterocycles.